The summed E-state index contributed by atoms with van der Waals surface area (Å²) < 4.78 is 5.68. The van der Waals surface area contributed by atoms with Gasteiger partial charge in [-0.3, -0.25) is 0 Å². The van der Waals surface area contributed by atoms with E-state index in [2.05, 4.69) is 41.7 Å². The minimum Gasteiger partial charge on any atom is -0.494 e. The summed E-state index contributed by atoms with van der Waals surface area (Å²) in [5.74, 6) is 1.92. The van der Waals surface area contributed by atoms with Crippen LogP contribution in [0.2, 0.25) is 5.02 Å². The number of allylic oxidation sites excluding steroid dienone is 2. The molecule has 4 rings (SSSR count). The summed E-state index contributed by atoms with van der Waals surface area (Å²) in [5, 5.41) is 4.52. The van der Waals surface area contributed by atoms with Crippen LogP contribution in [0.25, 0.3) is 0 Å². The highest BCUT2D eigenvalue weighted by Gasteiger charge is 2.38. The molecule has 1 aliphatic carbocycles. The molecule has 0 saturated carbocycles. The van der Waals surface area contributed by atoms with Crippen LogP contribution in [0.15, 0.2) is 54.6 Å². The zero-order valence-electron chi connectivity index (χ0n) is 13.1. The van der Waals surface area contributed by atoms with Gasteiger partial charge in [-0.2, -0.15) is 0 Å². The van der Waals surface area contributed by atoms with Crippen molar-refractivity contribution in [1.82, 2.24) is 0 Å². The second-order valence-corrected chi connectivity index (χ2v) is 6.65. The zero-order chi connectivity index (χ0) is 15.8. The van der Waals surface area contributed by atoms with Crippen molar-refractivity contribution in [2.45, 2.75) is 25.3 Å². The van der Waals surface area contributed by atoms with Gasteiger partial charge in [0, 0.05) is 16.6 Å². The van der Waals surface area contributed by atoms with Gasteiger partial charge in [0.2, 0.25) is 0 Å². The van der Waals surface area contributed by atoms with Crippen molar-refractivity contribution >= 4 is 17.3 Å². The summed E-state index contributed by atoms with van der Waals surface area (Å²) in [7, 11) is 0. The first-order valence-corrected chi connectivity index (χ1v) is 8.59. The van der Waals surface area contributed by atoms with Gasteiger partial charge >= 0.3 is 0 Å². The molecular weight excluding hydrogens is 306 g/mol. The van der Waals surface area contributed by atoms with Crippen molar-refractivity contribution in [1.29, 1.82) is 0 Å². The first kappa shape index (κ1) is 14.6. The lowest BCUT2D eigenvalue weighted by Crippen LogP contribution is -2.29. The minimum absolute atomic E-state index is 0.291. The highest BCUT2D eigenvalue weighted by atomic mass is 35.5. The summed E-state index contributed by atoms with van der Waals surface area (Å²) in [6, 6.07) is 14.9. The quantitative estimate of drug-likeness (QED) is 0.745. The first-order valence-electron chi connectivity index (χ1n) is 8.21. The Morgan fingerprint density at radius 3 is 2.96 bits per heavy atom. The van der Waals surface area contributed by atoms with E-state index in [1.54, 1.807) is 0 Å². The van der Waals surface area contributed by atoms with E-state index in [0.717, 1.165) is 17.2 Å². The molecule has 0 saturated heterocycles. The fourth-order valence-corrected chi connectivity index (χ4v) is 4.06. The third-order valence-corrected chi connectivity index (χ3v) is 5.09. The number of hydrogen-bond acceptors (Lipinski definition) is 2. The number of fused-ring (bicyclic) bond motifs is 3. The maximum Gasteiger partial charge on any atom is 0.119 e. The third kappa shape index (κ3) is 2.61. The molecule has 0 bridgehead atoms. The highest BCUT2D eigenvalue weighted by Crippen LogP contribution is 2.50. The topological polar surface area (TPSA) is 21.3 Å². The lowest BCUT2D eigenvalue weighted by atomic mass is 9.77. The SMILES string of the molecule is CCOc1ccc2c(c1)C1C=CCC1C(c1cccc(Cl)c1)N2. The molecule has 2 aliphatic rings. The van der Waals surface area contributed by atoms with Crippen molar-refractivity contribution in [3.8, 4) is 5.75 Å². The van der Waals surface area contributed by atoms with E-state index in [1.165, 1.54) is 16.8 Å². The van der Waals surface area contributed by atoms with Gasteiger partial charge in [-0.1, -0.05) is 35.9 Å². The fraction of sp³-hybridized carbons (Fsp3) is 0.300. The van der Waals surface area contributed by atoms with Crippen molar-refractivity contribution in [2.75, 3.05) is 11.9 Å². The summed E-state index contributed by atoms with van der Waals surface area (Å²) in [4.78, 5) is 0. The average molecular weight is 326 g/mol. The molecule has 0 fully saturated rings. The van der Waals surface area contributed by atoms with Crippen LogP contribution in [0.1, 0.15) is 36.4 Å². The van der Waals surface area contributed by atoms with Gasteiger partial charge in [0.15, 0.2) is 0 Å². The Balaban J connectivity index is 1.74. The smallest absolute Gasteiger partial charge is 0.119 e. The lowest BCUT2D eigenvalue weighted by Gasteiger charge is -2.37. The molecule has 3 unspecified atom stereocenters. The molecule has 0 radical (unpaired) electrons. The van der Waals surface area contributed by atoms with E-state index in [4.69, 9.17) is 16.3 Å². The zero-order valence-corrected chi connectivity index (χ0v) is 13.9. The van der Waals surface area contributed by atoms with E-state index < -0.39 is 0 Å². The molecule has 0 aromatic heterocycles. The largest absolute Gasteiger partial charge is 0.494 e. The Kier molecular flexibility index (Phi) is 3.78. The van der Waals surface area contributed by atoms with E-state index in [9.17, 15) is 0 Å². The summed E-state index contributed by atoms with van der Waals surface area (Å²) in [6.07, 6.45) is 5.74. The molecule has 118 valence electrons. The number of benzene rings is 2. The van der Waals surface area contributed by atoms with Gasteiger partial charge in [-0.25, -0.2) is 0 Å². The van der Waals surface area contributed by atoms with E-state index in [-0.39, 0.29) is 0 Å². The molecule has 23 heavy (non-hydrogen) atoms. The monoisotopic (exact) mass is 325 g/mol. The number of ether oxygens (including phenoxy) is 1. The summed E-state index contributed by atoms with van der Waals surface area (Å²) in [5.41, 5.74) is 3.80. The van der Waals surface area contributed by atoms with Crippen molar-refractivity contribution in [2.24, 2.45) is 5.92 Å². The molecule has 0 spiro atoms. The predicted octanol–water partition coefficient (Wildman–Crippen LogP) is 5.57. The van der Waals surface area contributed by atoms with Gasteiger partial charge < -0.3 is 10.1 Å². The Hall–Kier alpha value is -1.93. The molecular formula is C20H20ClNO. The second kappa shape index (κ2) is 5.93. The Morgan fingerprint density at radius 2 is 2.13 bits per heavy atom. The molecule has 3 heteroatoms. The molecule has 1 N–H and O–H groups in total. The van der Waals surface area contributed by atoms with Crippen LogP contribution in [-0.2, 0) is 0 Å². The minimum atomic E-state index is 0.291. The van der Waals surface area contributed by atoms with Crippen LogP contribution < -0.4 is 10.1 Å². The first-order chi connectivity index (χ1) is 11.3. The standard InChI is InChI=1S/C20H20ClNO/c1-2-23-15-9-10-19-18(12-15)16-7-4-8-17(16)20(22-19)13-5-3-6-14(21)11-13/h3-7,9-12,16-17,20,22H,2,8H2,1H3. The Bertz CT molecular complexity index is 755. The fourth-order valence-electron chi connectivity index (χ4n) is 3.86. The Labute approximate surface area is 142 Å². The van der Waals surface area contributed by atoms with Gasteiger partial charge in [0.05, 0.1) is 12.6 Å². The molecule has 1 heterocycles. The lowest BCUT2D eigenvalue weighted by molar-refractivity contribution is 0.338. The predicted molar refractivity (Wildman–Crippen MR) is 95.4 cm³/mol. The summed E-state index contributed by atoms with van der Waals surface area (Å²) in [6.45, 7) is 2.71. The van der Waals surface area contributed by atoms with E-state index in [1.807, 2.05) is 25.1 Å². The number of anilines is 1. The Morgan fingerprint density at radius 1 is 1.22 bits per heavy atom. The molecule has 3 atom stereocenters. The van der Waals surface area contributed by atoms with Crippen LogP contribution in [0, 0.1) is 5.92 Å². The van der Waals surface area contributed by atoms with E-state index in [0.29, 0.717) is 24.5 Å². The normalized spacial score (nSPS) is 24.7. The molecule has 2 aromatic rings. The number of hydrogen-bond donors (Lipinski definition) is 1. The van der Waals surface area contributed by atoms with E-state index >= 15 is 0 Å². The van der Waals surface area contributed by atoms with Gasteiger partial charge in [0.1, 0.15) is 5.75 Å². The molecule has 0 amide bonds. The van der Waals surface area contributed by atoms with Gasteiger partial charge in [-0.05, 0) is 60.7 Å². The van der Waals surface area contributed by atoms with Gasteiger partial charge in [0.25, 0.3) is 0 Å². The van der Waals surface area contributed by atoms with Crippen LogP contribution in [-0.4, -0.2) is 6.61 Å². The van der Waals surface area contributed by atoms with Crippen LogP contribution in [0.5, 0.6) is 5.75 Å². The average Bonchev–Trinajstić information content (AvgIpc) is 3.04. The number of nitrogens with one attached hydrogen (secondary N) is 1. The molecule has 2 aromatic carbocycles. The highest BCUT2D eigenvalue weighted by molar-refractivity contribution is 6.30. The maximum atomic E-state index is 6.20. The molecule has 1 aliphatic heterocycles. The third-order valence-electron chi connectivity index (χ3n) is 4.85. The van der Waals surface area contributed by atoms with Crippen molar-refractivity contribution < 1.29 is 4.74 Å². The van der Waals surface area contributed by atoms with Crippen LogP contribution >= 0.6 is 11.6 Å². The van der Waals surface area contributed by atoms with Crippen molar-refractivity contribution in [3.05, 3.63) is 70.8 Å². The number of halogens is 1. The van der Waals surface area contributed by atoms with Gasteiger partial charge in [-0.15, -0.1) is 0 Å². The maximum absolute atomic E-state index is 6.20. The number of rotatable bonds is 3. The second-order valence-electron chi connectivity index (χ2n) is 6.21. The van der Waals surface area contributed by atoms with Crippen LogP contribution in [0.4, 0.5) is 5.69 Å². The van der Waals surface area contributed by atoms with Crippen LogP contribution in [0.3, 0.4) is 0 Å². The van der Waals surface area contributed by atoms with Crippen molar-refractivity contribution in [3.63, 3.8) is 0 Å². The molecule has 2 nitrogen and oxygen atoms in total. The summed E-state index contributed by atoms with van der Waals surface area (Å²) >= 11 is 6.20.